The Labute approximate surface area is 166 Å². The molecule has 0 radical (unpaired) electrons. The summed E-state index contributed by atoms with van der Waals surface area (Å²) >= 11 is 0. The van der Waals surface area contributed by atoms with Crippen molar-refractivity contribution in [3.63, 3.8) is 0 Å². The Morgan fingerprint density at radius 3 is 2.65 bits per heavy atom. The third-order valence-electron chi connectivity index (χ3n) is 2.77. The van der Waals surface area contributed by atoms with Gasteiger partial charge in [0.15, 0.2) is 5.76 Å². The molecule has 1 rings (SSSR count). The average Bonchev–Trinajstić information content (AvgIpc) is 2.93. The van der Waals surface area contributed by atoms with Gasteiger partial charge in [-0.15, -0.1) is 0 Å². The van der Waals surface area contributed by atoms with Crippen LogP contribution in [0.5, 0.6) is 0 Å². The zero-order valence-corrected chi connectivity index (χ0v) is 15.9. The number of rotatable bonds is 7. The summed E-state index contributed by atoms with van der Waals surface area (Å²) in [5, 5.41) is 0. The summed E-state index contributed by atoms with van der Waals surface area (Å²) in [5.74, 6) is 11.9. The quantitative estimate of drug-likeness (QED) is 0.425. The molecule has 0 aliphatic carbocycles. The second-order valence-corrected chi connectivity index (χ2v) is 4.46. The topological polar surface area (TPSA) is 13.1 Å². The summed E-state index contributed by atoms with van der Waals surface area (Å²) in [6.45, 7) is 2.25. The molecule has 100 valence electrons. The van der Waals surface area contributed by atoms with Crippen molar-refractivity contribution in [3.8, 4) is 23.7 Å². The first-order chi connectivity index (χ1) is 9.43. The van der Waals surface area contributed by atoms with Gasteiger partial charge in [-0.2, -0.15) is 0 Å². The second kappa shape index (κ2) is 15.2. The summed E-state index contributed by atoms with van der Waals surface area (Å²) < 4.78 is 5.07. The van der Waals surface area contributed by atoms with Crippen LogP contribution in [0.4, 0.5) is 0 Å². The molecule has 0 N–H and O–H groups in total. The van der Waals surface area contributed by atoms with E-state index in [4.69, 9.17) is 4.42 Å². The van der Waals surface area contributed by atoms with Crippen LogP contribution in [0.2, 0.25) is 0 Å². The molecule has 0 saturated heterocycles. The first-order valence-electron chi connectivity index (χ1n) is 7.13. The van der Waals surface area contributed by atoms with Crippen molar-refractivity contribution in [2.75, 3.05) is 0 Å². The number of allylic oxidation sites excluding steroid dienone is 2. The van der Waals surface area contributed by atoms with Crippen LogP contribution in [0.1, 0.15) is 57.6 Å². The SMILES string of the molecule is CCCCCCCC/C=C\C#CC#Cc1ccco1.[K+]. The summed E-state index contributed by atoms with van der Waals surface area (Å²) in [6, 6.07) is 3.64. The van der Waals surface area contributed by atoms with E-state index in [1.54, 1.807) is 6.26 Å². The van der Waals surface area contributed by atoms with Gasteiger partial charge in [0.05, 0.1) is 6.26 Å². The number of furan rings is 1. The van der Waals surface area contributed by atoms with Gasteiger partial charge in [-0.3, -0.25) is 0 Å². The molecule has 0 saturated carbocycles. The summed E-state index contributed by atoms with van der Waals surface area (Å²) in [4.78, 5) is 0. The van der Waals surface area contributed by atoms with Crippen LogP contribution < -0.4 is 51.4 Å². The number of hydrogen-bond acceptors (Lipinski definition) is 1. The van der Waals surface area contributed by atoms with E-state index >= 15 is 0 Å². The van der Waals surface area contributed by atoms with Crippen molar-refractivity contribution >= 4 is 0 Å². The summed E-state index contributed by atoms with van der Waals surface area (Å²) in [7, 11) is 0. The van der Waals surface area contributed by atoms with Gasteiger partial charge in [-0.05, 0) is 48.8 Å². The van der Waals surface area contributed by atoms with Crippen LogP contribution in [0.15, 0.2) is 35.0 Å². The molecule has 20 heavy (non-hydrogen) atoms. The first kappa shape index (κ1) is 19.8. The molecule has 0 aliphatic rings. The Bertz CT molecular complexity index is 463. The van der Waals surface area contributed by atoms with Gasteiger partial charge in [0.1, 0.15) is 0 Å². The van der Waals surface area contributed by atoms with E-state index in [9.17, 15) is 0 Å². The molecule has 0 spiro atoms. The van der Waals surface area contributed by atoms with E-state index in [1.165, 1.54) is 38.5 Å². The fourth-order valence-corrected chi connectivity index (χ4v) is 1.71. The smallest absolute Gasteiger partial charge is 0.456 e. The van der Waals surface area contributed by atoms with Crippen LogP contribution in [0.3, 0.4) is 0 Å². The Morgan fingerprint density at radius 1 is 1.10 bits per heavy atom. The summed E-state index contributed by atoms with van der Waals surface area (Å²) in [6.07, 6.45) is 14.8. The van der Waals surface area contributed by atoms with Crippen molar-refractivity contribution in [3.05, 3.63) is 36.3 Å². The molecule has 0 aromatic carbocycles. The molecule has 0 fully saturated rings. The van der Waals surface area contributed by atoms with E-state index in [2.05, 4.69) is 36.7 Å². The van der Waals surface area contributed by atoms with E-state index in [-0.39, 0.29) is 51.4 Å². The van der Waals surface area contributed by atoms with Gasteiger partial charge < -0.3 is 4.42 Å². The minimum atomic E-state index is 0. The molecule has 1 nitrogen and oxygen atoms in total. The molecule has 1 aromatic heterocycles. The van der Waals surface area contributed by atoms with Crippen LogP contribution >= 0.6 is 0 Å². The van der Waals surface area contributed by atoms with Crippen LogP contribution in [-0.2, 0) is 0 Å². The average molecular weight is 293 g/mol. The van der Waals surface area contributed by atoms with E-state index in [0.717, 1.165) is 6.42 Å². The fraction of sp³-hybridized carbons (Fsp3) is 0.444. The predicted octanol–water partition coefficient (Wildman–Crippen LogP) is 1.95. The van der Waals surface area contributed by atoms with Crippen molar-refractivity contribution in [2.24, 2.45) is 0 Å². The van der Waals surface area contributed by atoms with E-state index < -0.39 is 0 Å². The molecule has 1 heterocycles. The summed E-state index contributed by atoms with van der Waals surface area (Å²) in [5.41, 5.74) is 0. The number of unbranched alkanes of at least 4 members (excludes halogenated alkanes) is 6. The van der Waals surface area contributed by atoms with Gasteiger partial charge in [0.2, 0.25) is 0 Å². The fourth-order valence-electron chi connectivity index (χ4n) is 1.71. The zero-order chi connectivity index (χ0) is 13.6. The normalized spacial score (nSPS) is 9.25. The van der Waals surface area contributed by atoms with Crippen molar-refractivity contribution in [1.82, 2.24) is 0 Å². The van der Waals surface area contributed by atoms with Gasteiger partial charge in [-0.25, -0.2) is 0 Å². The van der Waals surface area contributed by atoms with Gasteiger partial charge in [0, 0.05) is 0 Å². The van der Waals surface area contributed by atoms with Gasteiger partial charge in [0.25, 0.3) is 0 Å². The molecule has 0 unspecified atom stereocenters. The molecular weight excluding hydrogens is 271 g/mol. The Hall–Kier alpha value is -0.224. The molecular formula is C18H22KO+. The molecule has 0 bridgehead atoms. The third kappa shape index (κ3) is 11.6. The monoisotopic (exact) mass is 293 g/mol. The Balaban J connectivity index is 0.00000361. The maximum Gasteiger partial charge on any atom is 1.00 e. The van der Waals surface area contributed by atoms with E-state index in [1.807, 2.05) is 18.2 Å². The Kier molecular flexibility index (Phi) is 15.0. The Morgan fingerprint density at radius 2 is 1.90 bits per heavy atom. The molecule has 0 atom stereocenters. The van der Waals surface area contributed by atoms with Crippen LogP contribution in [0, 0.1) is 23.7 Å². The van der Waals surface area contributed by atoms with E-state index in [0.29, 0.717) is 5.76 Å². The molecule has 0 amide bonds. The molecule has 0 aliphatic heterocycles. The van der Waals surface area contributed by atoms with Crippen molar-refractivity contribution in [2.45, 2.75) is 51.9 Å². The zero-order valence-electron chi connectivity index (χ0n) is 12.7. The minimum Gasteiger partial charge on any atom is -0.456 e. The maximum atomic E-state index is 5.07. The van der Waals surface area contributed by atoms with Crippen LogP contribution in [0.25, 0.3) is 0 Å². The second-order valence-electron chi connectivity index (χ2n) is 4.46. The first-order valence-corrected chi connectivity index (χ1v) is 7.13. The van der Waals surface area contributed by atoms with Crippen molar-refractivity contribution in [1.29, 1.82) is 0 Å². The van der Waals surface area contributed by atoms with Crippen molar-refractivity contribution < 1.29 is 55.8 Å². The number of hydrogen-bond donors (Lipinski definition) is 0. The maximum absolute atomic E-state index is 5.07. The molecule has 1 aromatic rings. The standard InChI is InChI=1S/C18H22O.K/c1-2-3-4-5-6-7-8-9-10-11-12-13-15-18-16-14-17-19-18;/h9-10,14,16-17H,2-8H2,1H3;/q;+1/b10-9-;. The third-order valence-corrected chi connectivity index (χ3v) is 2.77. The minimum absolute atomic E-state index is 0. The molecule has 2 heteroatoms. The van der Waals surface area contributed by atoms with Crippen LogP contribution in [-0.4, -0.2) is 0 Å². The largest absolute Gasteiger partial charge is 1.00 e. The van der Waals surface area contributed by atoms with Gasteiger partial charge in [-0.1, -0.05) is 51.0 Å². The predicted molar refractivity (Wildman–Crippen MR) is 80.5 cm³/mol. The van der Waals surface area contributed by atoms with Gasteiger partial charge >= 0.3 is 51.4 Å².